The molecule has 0 fully saturated rings. The lowest BCUT2D eigenvalue weighted by Gasteiger charge is -2.36. The molecule has 4 nitrogen and oxygen atoms in total. The number of carbonyl (C=O) groups excluding carboxylic acids is 1. The predicted molar refractivity (Wildman–Crippen MR) is 100 cm³/mol. The van der Waals surface area contributed by atoms with E-state index in [1.165, 1.54) is 4.57 Å². The van der Waals surface area contributed by atoms with Gasteiger partial charge in [0.2, 0.25) is 8.32 Å². The maximum absolute atomic E-state index is 12.3. The number of fused-ring (bicyclic) bond motifs is 1. The van der Waals surface area contributed by atoms with Crippen molar-refractivity contribution < 1.29 is 14.0 Å². The van der Waals surface area contributed by atoms with Crippen molar-refractivity contribution in [3.63, 3.8) is 0 Å². The van der Waals surface area contributed by atoms with Crippen LogP contribution in [0.5, 0.6) is 5.75 Å². The molecule has 0 aliphatic rings. The molecule has 1 aromatic heterocycles. The van der Waals surface area contributed by atoms with E-state index in [1.807, 2.05) is 39.0 Å². The van der Waals surface area contributed by atoms with Crippen LogP contribution in [0, 0.1) is 6.20 Å². The minimum Gasteiger partial charge on any atom is -0.543 e. The Morgan fingerprint density at radius 3 is 2.29 bits per heavy atom. The van der Waals surface area contributed by atoms with E-state index in [9.17, 15) is 4.79 Å². The van der Waals surface area contributed by atoms with E-state index in [1.54, 1.807) is 6.07 Å². The first-order chi connectivity index (χ1) is 10.8. The van der Waals surface area contributed by atoms with Crippen LogP contribution in [-0.4, -0.2) is 24.6 Å². The average Bonchev–Trinajstić information content (AvgIpc) is 2.77. The van der Waals surface area contributed by atoms with E-state index in [0.29, 0.717) is 0 Å². The number of rotatable bonds is 2. The zero-order valence-electron chi connectivity index (χ0n) is 16.0. The topological polar surface area (TPSA) is 40.5 Å². The molecule has 0 aliphatic carbocycles. The molecule has 2 aromatic rings. The van der Waals surface area contributed by atoms with Crippen LogP contribution in [0.3, 0.4) is 0 Å². The molecule has 2 rings (SSSR count). The predicted octanol–water partition coefficient (Wildman–Crippen LogP) is 5.61. The Bertz CT molecular complexity index is 748. The van der Waals surface area contributed by atoms with Gasteiger partial charge in [-0.1, -0.05) is 20.8 Å². The minimum atomic E-state index is -1.89. The number of carbonyl (C=O) groups is 1. The third kappa shape index (κ3) is 4.01. The Kier molecular flexibility index (Phi) is 4.61. The maximum Gasteiger partial charge on any atom is 0.419 e. The van der Waals surface area contributed by atoms with Crippen molar-refractivity contribution in [3.05, 3.63) is 30.5 Å². The zero-order chi connectivity index (χ0) is 18.3. The highest BCUT2D eigenvalue weighted by molar-refractivity contribution is 6.74. The van der Waals surface area contributed by atoms with Gasteiger partial charge in [0.25, 0.3) is 0 Å². The van der Waals surface area contributed by atoms with Gasteiger partial charge in [0.15, 0.2) is 0 Å². The SMILES string of the molecule is CC(C)(C)OC(=O)n1[c]cc2cc(O[Si](C)(C)C(C)(C)C)ccc21. The van der Waals surface area contributed by atoms with E-state index in [0.717, 1.165) is 16.7 Å². The first-order valence-corrected chi connectivity index (χ1v) is 11.2. The van der Waals surface area contributed by atoms with Gasteiger partial charge in [0.1, 0.15) is 11.4 Å². The van der Waals surface area contributed by atoms with Crippen molar-refractivity contribution >= 4 is 25.3 Å². The Morgan fingerprint density at radius 2 is 1.75 bits per heavy atom. The summed E-state index contributed by atoms with van der Waals surface area (Å²) in [6.45, 7) is 16.6. The van der Waals surface area contributed by atoms with Gasteiger partial charge < -0.3 is 9.16 Å². The Morgan fingerprint density at radius 1 is 1.12 bits per heavy atom. The van der Waals surface area contributed by atoms with Gasteiger partial charge in [-0.2, -0.15) is 0 Å². The lowest BCUT2D eigenvalue weighted by atomic mass is 10.2. The summed E-state index contributed by atoms with van der Waals surface area (Å²) in [7, 11) is -1.89. The summed E-state index contributed by atoms with van der Waals surface area (Å²) in [5.74, 6) is 0.837. The van der Waals surface area contributed by atoms with E-state index in [4.69, 9.17) is 9.16 Å². The monoisotopic (exact) mass is 346 g/mol. The van der Waals surface area contributed by atoms with Gasteiger partial charge in [0, 0.05) is 5.39 Å². The average molecular weight is 347 g/mol. The summed E-state index contributed by atoms with van der Waals surface area (Å²) in [6.07, 6.45) is 2.53. The van der Waals surface area contributed by atoms with Gasteiger partial charge >= 0.3 is 6.09 Å². The highest BCUT2D eigenvalue weighted by Crippen LogP contribution is 2.38. The minimum absolute atomic E-state index is 0.135. The molecule has 1 heterocycles. The smallest absolute Gasteiger partial charge is 0.419 e. The second kappa shape index (κ2) is 5.95. The first-order valence-electron chi connectivity index (χ1n) is 8.26. The maximum atomic E-state index is 12.3. The van der Waals surface area contributed by atoms with Crippen LogP contribution < -0.4 is 4.43 Å². The van der Waals surface area contributed by atoms with Crippen LogP contribution in [0.2, 0.25) is 18.1 Å². The quantitative estimate of drug-likeness (QED) is 0.664. The Hall–Kier alpha value is -1.75. The fraction of sp³-hybridized carbons (Fsp3) is 0.526. The summed E-state index contributed by atoms with van der Waals surface area (Å²) in [4.78, 5) is 12.3. The van der Waals surface area contributed by atoms with E-state index in [2.05, 4.69) is 40.1 Å². The van der Waals surface area contributed by atoms with Crippen LogP contribution >= 0.6 is 0 Å². The third-order valence-electron chi connectivity index (χ3n) is 4.34. The number of nitrogens with zero attached hydrogens (tertiary/aromatic N) is 1. The molecule has 0 saturated heterocycles. The van der Waals surface area contributed by atoms with Crippen molar-refractivity contribution in [3.8, 4) is 5.75 Å². The fourth-order valence-corrected chi connectivity index (χ4v) is 3.05. The molecule has 0 saturated carbocycles. The molecule has 0 N–H and O–H groups in total. The first kappa shape index (κ1) is 18.6. The molecular formula is C19H28NO3Si. The largest absolute Gasteiger partial charge is 0.543 e. The van der Waals surface area contributed by atoms with Crippen LogP contribution in [0.4, 0.5) is 4.79 Å². The molecule has 0 atom stereocenters. The number of benzene rings is 1. The summed E-state index contributed by atoms with van der Waals surface area (Å²) in [5.41, 5.74) is 0.235. The zero-order valence-corrected chi connectivity index (χ0v) is 17.0. The van der Waals surface area contributed by atoms with Gasteiger partial charge in [-0.25, -0.2) is 9.36 Å². The van der Waals surface area contributed by atoms with Crippen molar-refractivity contribution in [1.29, 1.82) is 0 Å². The second-order valence-electron chi connectivity index (χ2n) is 8.67. The summed E-state index contributed by atoms with van der Waals surface area (Å²) in [6, 6.07) is 7.56. The van der Waals surface area contributed by atoms with Crippen molar-refractivity contribution in [2.24, 2.45) is 0 Å². The van der Waals surface area contributed by atoms with Gasteiger partial charge in [0.05, 0.1) is 11.7 Å². The van der Waals surface area contributed by atoms with Crippen LogP contribution in [0.25, 0.3) is 10.9 Å². The molecule has 0 amide bonds. The molecule has 0 spiro atoms. The molecule has 131 valence electrons. The van der Waals surface area contributed by atoms with Crippen molar-refractivity contribution in [2.75, 3.05) is 0 Å². The molecule has 0 unspecified atom stereocenters. The van der Waals surface area contributed by atoms with Gasteiger partial charge in [-0.15, -0.1) is 0 Å². The van der Waals surface area contributed by atoms with E-state index in [-0.39, 0.29) is 5.04 Å². The number of ether oxygens (including phenoxy) is 1. The number of hydrogen-bond donors (Lipinski definition) is 0. The molecule has 0 bridgehead atoms. The highest BCUT2D eigenvalue weighted by atomic mass is 28.4. The van der Waals surface area contributed by atoms with Crippen LogP contribution in [0.15, 0.2) is 24.3 Å². The normalized spacial score (nSPS) is 13.2. The fourth-order valence-electron chi connectivity index (χ4n) is 2.03. The van der Waals surface area contributed by atoms with Gasteiger partial charge in [-0.05, 0) is 63.2 Å². The second-order valence-corrected chi connectivity index (χ2v) is 13.4. The molecule has 1 radical (unpaired) electrons. The molecule has 24 heavy (non-hydrogen) atoms. The summed E-state index contributed by atoms with van der Waals surface area (Å²) >= 11 is 0. The molecular weight excluding hydrogens is 318 g/mol. The van der Waals surface area contributed by atoms with Crippen LogP contribution in [0.1, 0.15) is 41.5 Å². The molecule has 1 aromatic carbocycles. The van der Waals surface area contributed by atoms with Crippen molar-refractivity contribution in [2.45, 2.75) is 65.3 Å². The van der Waals surface area contributed by atoms with E-state index < -0.39 is 20.0 Å². The summed E-state index contributed by atoms with van der Waals surface area (Å²) in [5, 5.41) is 1.05. The van der Waals surface area contributed by atoms with E-state index >= 15 is 0 Å². The summed E-state index contributed by atoms with van der Waals surface area (Å²) < 4.78 is 13.2. The third-order valence-corrected chi connectivity index (χ3v) is 8.70. The highest BCUT2D eigenvalue weighted by Gasteiger charge is 2.39. The Balaban J connectivity index is 2.30. The molecule has 5 heteroatoms. The van der Waals surface area contributed by atoms with Crippen LogP contribution in [-0.2, 0) is 4.74 Å². The lowest BCUT2D eigenvalue weighted by molar-refractivity contribution is 0.0543. The standard InChI is InChI=1S/C19H28NO3Si/c1-18(2,3)22-17(21)20-12-11-14-13-15(9-10-16(14)20)23-24(7,8)19(4,5)6/h9-11,13H,1-8H3. The molecule has 0 aliphatic heterocycles. The van der Waals surface area contributed by atoms with Gasteiger partial charge in [-0.3, -0.25) is 0 Å². The van der Waals surface area contributed by atoms with Crippen molar-refractivity contribution in [1.82, 2.24) is 4.57 Å². The Labute approximate surface area is 145 Å². The lowest BCUT2D eigenvalue weighted by Crippen LogP contribution is -2.43. The number of hydrogen-bond acceptors (Lipinski definition) is 3. The number of aromatic nitrogens is 1.